The number of aliphatic carboxylic acids is 1. The minimum Gasteiger partial charge on any atom is -0.481 e. The molecule has 0 aliphatic heterocycles. The predicted octanol–water partition coefficient (Wildman–Crippen LogP) is 0.195. The van der Waals surface area contributed by atoms with E-state index in [1.165, 1.54) is 0 Å². The van der Waals surface area contributed by atoms with Crippen molar-refractivity contribution in [2.24, 2.45) is 0 Å². The first-order valence-corrected chi connectivity index (χ1v) is 41.3. The Morgan fingerprint density at radius 1 is 0.154 bits per heavy atom. The van der Waals surface area contributed by atoms with Crippen LogP contribution in [-0.2, 0) is 180 Å². The monoisotopic (exact) mass is 1720 g/mol. The van der Waals surface area contributed by atoms with E-state index >= 15 is 0 Å². The SMILES string of the molecule is COCCOCCOCCOCCOCCOCCOCCOCCOCCOCCOCCOCCC(=O)NCCOCCOCCOCCOCCOCCOCCOCCOCCOCCOCCOCCOCCOCCOCCOCCOCCOCCOCCOCCOCCOCCOCCOCCOCCC(=O)O. The summed E-state index contributed by atoms with van der Waals surface area (Å²) in [5.74, 6) is -0.991. The van der Waals surface area contributed by atoms with Crippen LogP contribution < -0.4 is 5.32 Å². The van der Waals surface area contributed by atoms with Crippen LogP contribution in [0, 0.1) is 0 Å². The normalized spacial score (nSPS) is 11.7. The summed E-state index contributed by atoms with van der Waals surface area (Å²) in [6, 6.07) is 0. The number of hydrogen-bond donors (Lipinski definition) is 2. The van der Waals surface area contributed by atoms with Crippen LogP contribution in [0.2, 0.25) is 0 Å². The highest BCUT2D eigenvalue weighted by molar-refractivity contribution is 5.75. The van der Waals surface area contributed by atoms with Gasteiger partial charge in [-0.05, 0) is 0 Å². The molecule has 0 aromatic rings. The van der Waals surface area contributed by atoms with E-state index in [-0.39, 0.29) is 25.4 Å². The molecule has 0 saturated heterocycles. The van der Waals surface area contributed by atoms with E-state index in [1.54, 1.807) is 7.11 Å². The van der Waals surface area contributed by atoms with E-state index in [1.807, 2.05) is 0 Å². The van der Waals surface area contributed by atoms with Crippen LogP contribution in [0.4, 0.5) is 0 Å². The summed E-state index contributed by atoms with van der Waals surface area (Å²) in [6.45, 7) is 33.1. The first-order chi connectivity index (χ1) is 58.2. The Kier molecular flexibility index (Phi) is 107. The fraction of sp³-hybridized carbons (Fsp3) is 0.974. The second kappa shape index (κ2) is 110. The van der Waals surface area contributed by atoms with Gasteiger partial charge in [0.15, 0.2) is 0 Å². The van der Waals surface area contributed by atoms with E-state index in [9.17, 15) is 9.59 Å². The van der Waals surface area contributed by atoms with Crippen LogP contribution >= 0.6 is 0 Å². The summed E-state index contributed by atoms with van der Waals surface area (Å²) in [6.07, 6.45) is 0.239. The molecule has 0 heterocycles. The molecule has 700 valence electrons. The van der Waals surface area contributed by atoms with Crippen molar-refractivity contribution in [2.75, 3.05) is 483 Å². The number of rotatable bonds is 111. The number of carboxylic acid groups (broad SMARTS) is 1. The van der Waals surface area contributed by atoms with E-state index in [4.69, 9.17) is 176 Å². The number of carbonyl (C=O) groups excluding carboxylic acids is 1. The molecule has 0 radical (unpaired) electrons. The van der Waals surface area contributed by atoms with E-state index in [0.29, 0.717) is 469 Å². The van der Waals surface area contributed by atoms with Gasteiger partial charge in [0.1, 0.15) is 0 Å². The lowest BCUT2D eigenvalue weighted by molar-refractivity contribution is -0.138. The average molecular weight is 1720 g/mol. The second-order valence-electron chi connectivity index (χ2n) is 23.7. The molecule has 1 amide bonds. The Hall–Kier alpha value is -2.50. The molecule has 0 aliphatic carbocycles. The number of nitrogens with one attached hydrogen (secondary N) is 1. The summed E-state index contributed by atoms with van der Waals surface area (Å²) < 4.78 is 197. The Morgan fingerprint density at radius 2 is 0.256 bits per heavy atom. The molecule has 2 N–H and O–H groups in total. The summed E-state index contributed by atoms with van der Waals surface area (Å²) >= 11 is 0. The highest BCUT2D eigenvalue weighted by Crippen LogP contribution is 1.95. The van der Waals surface area contributed by atoms with E-state index < -0.39 is 5.97 Å². The van der Waals surface area contributed by atoms with Crippen molar-refractivity contribution >= 4 is 11.9 Å². The summed E-state index contributed by atoms with van der Waals surface area (Å²) in [4.78, 5) is 22.5. The van der Waals surface area contributed by atoms with Crippen molar-refractivity contribution in [2.45, 2.75) is 12.8 Å². The van der Waals surface area contributed by atoms with Crippen molar-refractivity contribution in [1.82, 2.24) is 5.32 Å². The topological polar surface area (TPSA) is 399 Å². The molecule has 0 bridgehead atoms. The van der Waals surface area contributed by atoms with Crippen LogP contribution in [-0.4, -0.2) is 500 Å². The van der Waals surface area contributed by atoms with Gasteiger partial charge in [0.25, 0.3) is 0 Å². The molecular formula is C77H153NO39. The van der Waals surface area contributed by atoms with Gasteiger partial charge in [-0.2, -0.15) is 0 Å². The highest BCUT2D eigenvalue weighted by Gasteiger charge is 2.06. The van der Waals surface area contributed by atoms with Gasteiger partial charge in [-0.15, -0.1) is 0 Å². The number of amides is 1. The summed E-state index contributed by atoms with van der Waals surface area (Å²) in [7, 11) is 1.64. The molecule has 117 heavy (non-hydrogen) atoms. The van der Waals surface area contributed by atoms with Gasteiger partial charge in [-0.25, -0.2) is 0 Å². The van der Waals surface area contributed by atoms with Gasteiger partial charge in [0, 0.05) is 20.1 Å². The van der Waals surface area contributed by atoms with Crippen LogP contribution in [0.15, 0.2) is 0 Å². The fourth-order valence-electron chi connectivity index (χ4n) is 8.28. The molecular weight excluding hydrogens is 1560 g/mol. The van der Waals surface area contributed by atoms with Crippen LogP contribution in [0.3, 0.4) is 0 Å². The molecule has 0 aromatic carbocycles. The summed E-state index contributed by atoms with van der Waals surface area (Å²) in [5, 5.41) is 11.3. The van der Waals surface area contributed by atoms with Crippen molar-refractivity contribution in [3.8, 4) is 0 Å². The van der Waals surface area contributed by atoms with Gasteiger partial charge >= 0.3 is 5.97 Å². The predicted molar refractivity (Wildman–Crippen MR) is 420 cm³/mol. The van der Waals surface area contributed by atoms with E-state index in [0.717, 1.165) is 0 Å². The average Bonchev–Trinajstić information content (AvgIpc) is 1.22. The first kappa shape index (κ1) is 114. The Morgan fingerprint density at radius 3 is 0.376 bits per heavy atom. The quantitative estimate of drug-likeness (QED) is 0.0768. The Balaban J connectivity index is 3.13. The molecule has 0 aliphatic rings. The van der Waals surface area contributed by atoms with Crippen LogP contribution in [0.25, 0.3) is 0 Å². The zero-order valence-electron chi connectivity index (χ0n) is 70.8. The van der Waals surface area contributed by atoms with Gasteiger partial charge < -0.3 is 181 Å². The lowest BCUT2D eigenvalue weighted by Gasteiger charge is -2.09. The molecule has 0 rings (SSSR count). The molecule has 0 unspecified atom stereocenters. The molecule has 0 saturated carbocycles. The van der Waals surface area contributed by atoms with Crippen molar-refractivity contribution in [3.63, 3.8) is 0 Å². The van der Waals surface area contributed by atoms with E-state index in [2.05, 4.69) is 5.32 Å². The van der Waals surface area contributed by atoms with Crippen molar-refractivity contribution in [3.05, 3.63) is 0 Å². The standard InChI is InChI=1S/C77H153NO39/c1-82-8-9-86-16-17-90-24-25-94-32-33-98-40-41-102-48-49-103-45-42-99-37-34-95-29-26-91-21-18-87-13-10-83-5-2-76(79)78-4-7-85-12-15-89-20-23-93-28-31-97-36-39-101-44-47-105-51-53-107-55-57-109-59-61-111-63-65-113-67-69-115-71-73-117-75-74-116-72-70-114-68-66-112-64-62-110-60-58-108-56-54-106-52-50-104-46-43-100-38-35-96-30-27-92-22-19-88-14-11-84-6-3-77(80)81/h2-75H2,1H3,(H,78,79)(H,80,81). The summed E-state index contributed by atoms with van der Waals surface area (Å²) in [5.41, 5.74) is 0. The second-order valence-corrected chi connectivity index (χ2v) is 23.7. The first-order valence-electron chi connectivity index (χ1n) is 41.3. The van der Waals surface area contributed by atoms with Crippen LogP contribution in [0.5, 0.6) is 0 Å². The zero-order chi connectivity index (χ0) is 83.6. The zero-order valence-corrected chi connectivity index (χ0v) is 70.8. The lowest BCUT2D eigenvalue weighted by atomic mass is 10.4. The minimum absolute atomic E-state index is 0.0132. The molecule has 40 heteroatoms. The van der Waals surface area contributed by atoms with Gasteiger partial charge in [-0.3, -0.25) is 9.59 Å². The molecule has 0 aromatic heterocycles. The van der Waals surface area contributed by atoms with Crippen molar-refractivity contribution < 1.29 is 185 Å². The molecule has 0 fully saturated rings. The highest BCUT2D eigenvalue weighted by atomic mass is 16.6. The van der Waals surface area contributed by atoms with Crippen molar-refractivity contribution in [1.29, 1.82) is 0 Å². The molecule has 40 nitrogen and oxygen atoms in total. The number of methoxy groups -OCH3 is 1. The van der Waals surface area contributed by atoms with Gasteiger partial charge in [-0.1, -0.05) is 0 Å². The number of carboxylic acids is 1. The Labute approximate surface area is 695 Å². The fourth-order valence-corrected chi connectivity index (χ4v) is 8.28. The largest absolute Gasteiger partial charge is 0.481 e. The molecule has 0 spiro atoms. The third kappa shape index (κ3) is 111. The number of ether oxygens (including phenoxy) is 36. The maximum atomic E-state index is 12.1. The lowest BCUT2D eigenvalue weighted by Crippen LogP contribution is -2.28. The number of hydrogen-bond acceptors (Lipinski definition) is 38. The third-order valence-electron chi connectivity index (χ3n) is 14.2. The van der Waals surface area contributed by atoms with Gasteiger partial charge in [0.2, 0.25) is 5.91 Å². The molecule has 0 atom stereocenters. The minimum atomic E-state index is -0.882. The smallest absolute Gasteiger partial charge is 0.305 e. The maximum absolute atomic E-state index is 12.1. The van der Waals surface area contributed by atoms with Gasteiger partial charge in [0.05, 0.1) is 476 Å². The maximum Gasteiger partial charge on any atom is 0.305 e. The number of carbonyl (C=O) groups is 2. The third-order valence-corrected chi connectivity index (χ3v) is 14.2. The van der Waals surface area contributed by atoms with Crippen LogP contribution in [0.1, 0.15) is 12.8 Å². The Bertz CT molecular complexity index is 1820.